The Hall–Kier alpha value is -2.01. The molecule has 3 N–H and O–H groups in total. The maximum Gasteiger partial charge on any atom is 0.337 e. The van der Waals surface area contributed by atoms with E-state index in [2.05, 4.69) is 29.8 Å². The molecule has 0 amide bonds. The minimum absolute atomic E-state index is 0.0377. The lowest BCUT2D eigenvalue weighted by molar-refractivity contribution is 0.0697. The van der Waals surface area contributed by atoms with Crippen molar-refractivity contribution in [2.75, 3.05) is 5.73 Å². The summed E-state index contributed by atoms with van der Waals surface area (Å²) >= 11 is 3.44. The maximum atomic E-state index is 11.1. The van der Waals surface area contributed by atoms with Crippen LogP contribution in [0.15, 0.2) is 40.9 Å². The summed E-state index contributed by atoms with van der Waals surface area (Å²) in [5.41, 5.74) is 6.93. The van der Waals surface area contributed by atoms with Gasteiger partial charge in [-0.1, -0.05) is 29.8 Å². The van der Waals surface area contributed by atoms with Crippen LogP contribution in [0.1, 0.15) is 35.7 Å². The number of benzene rings is 2. The van der Waals surface area contributed by atoms with Crippen LogP contribution in [0.25, 0.3) is 0 Å². The van der Waals surface area contributed by atoms with Crippen molar-refractivity contribution in [1.29, 1.82) is 0 Å². The van der Waals surface area contributed by atoms with E-state index in [-0.39, 0.29) is 17.2 Å². The molecule has 0 aromatic heterocycles. The van der Waals surface area contributed by atoms with Crippen LogP contribution in [0.5, 0.6) is 11.5 Å². The number of carboxylic acid groups (broad SMARTS) is 1. The van der Waals surface area contributed by atoms with Crippen LogP contribution in [-0.4, -0.2) is 11.1 Å². The van der Waals surface area contributed by atoms with E-state index in [0.29, 0.717) is 11.5 Å². The zero-order chi connectivity index (χ0) is 15.6. The van der Waals surface area contributed by atoms with E-state index in [1.54, 1.807) is 6.07 Å². The molecule has 4 nitrogen and oxygen atoms in total. The third kappa shape index (κ3) is 3.55. The number of aromatic carboxylic acids is 1. The van der Waals surface area contributed by atoms with Crippen LogP contribution >= 0.6 is 15.9 Å². The molecule has 0 saturated heterocycles. The summed E-state index contributed by atoms with van der Waals surface area (Å²) in [6, 6.07) is 10.4. The Morgan fingerprint density at radius 1 is 1.24 bits per heavy atom. The van der Waals surface area contributed by atoms with Crippen LogP contribution in [0, 0.1) is 0 Å². The van der Waals surface area contributed by atoms with Crippen LogP contribution in [-0.2, 0) is 0 Å². The van der Waals surface area contributed by atoms with Crippen LogP contribution in [0.2, 0.25) is 0 Å². The van der Waals surface area contributed by atoms with Gasteiger partial charge in [-0.25, -0.2) is 4.79 Å². The summed E-state index contributed by atoms with van der Waals surface area (Å²) in [7, 11) is 0. The molecule has 2 aromatic carbocycles. The van der Waals surface area contributed by atoms with Gasteiger partial charge < -0.3 is 15.6 Å². The molecule has 0 fully saturated rings. The van der Waals surface area contributed by atoms with E-state index in [1.807, 2.05) is 18.2 Å². The van der Waals surface area contributed by atoms with E-state index in [1.165, 1.54) is 12.1 Å². The second-order valence-corrected chi connectivity index (χ2v) is 5.91. The maximum absolute atomic E-state index is 11.1. The molecule has 21 heavy (non-hydrogen) atoms. The molecular weight excluding hydrogens is 334 g/mol. The molecule has 5 heteroatoms. The van der Waals surface area contributed by atoms with Crippen molar-refractivity contribution in [2.45, 2.75) is 19.8 Å². The fourth-order valence-electron chi connectivity index (χ4n) is 1.97. The lowest BCUT2D eigenvalue weighted by Gasteiger charge is -2.15. The molecule has 0 unspecified atom stereocenters. The van der Waals surface area contributed by atoms with Gasteiger partial charge >= 0.3 is 5.97 Å². The fourth-order valence-corrected chi connectivity index (χ4v) is 2.35. The zero-order valence-corrected chi connectivity index (χ0v) is 13.3. The molecule has 110 valence electrons. The molecule has 0 bridgehead atoms. The van der Waals surface area contributed by atoms with Crippen molar-refractivity contribution in [3.8, 4) is 11.5 Å². The predicted molar refractivity (Wildman–Crippen MR) is 86.1 cm³/mol. The Labute approximate surface area is 131 Å². The zero-order valence-electron chi connectivity index (χ0n) is 11.8. The van der Waals surface area contributed by atoms with Gasteiger partial charge in [0.2, 0.25) is 0 Å². The third-order valence-electron chi connectivity index (χ3n) is 3.08. The van der Waals surface area contributed by atoms with E-state index in [0.717, 1.165) is 10.0 Å². The molecule has 0 radical (unpaired) electrons. The lowest BCUT2D eigenvalue weighted by atomic mass is 10.0. The number of carbonyl (C=O) groups is 1. The van der Waals surface area contributed by atoms with E-state index < -0.39 is 5.97 Å². The number of anilines is 1. The van der Waals surface area contributed by atoms with Crippen molar-refractivity contribution in [2.24, 2.45) is 0 Å². The second-order valence-electron chi connectivity index (χ2n) is 4.99. The molecule has 0 aliphatic heterocycles. The molecule has 0 spiro atoms. The third-order valence-corrected chi connectivity index (χ3v) is 3.57. The number of nitrogen functional groups attached to an aromatic ring is 1. The van der Waals surface area contributed by atoms with Crippen LogP contribution in [0.4, 0.5) is 5.69 Å². The Balaban J connectivity index is 2.39. The second kappa shape index (κ2) is 6.18. The molecule has 0 aliphatic rings. The van der Waals surface area contributed by atoms with Gasteiger partial charge in [-0.3, -0.25) is 0 Å². The first-order valence-electron chi connectivity index (χ1n) is 6.48. The smallest absolute Gasteiger partial charge is 0.337 e. The van der Waals surface area contributed by atoms with Crippen molar-refractivity contribution in [1.82, 2.24) is 0 Å². The van der Waals surface area contributed by atoms with Crippen molar-refractivity contribution < 1.29 is 14.6 Å². The first kappa shape index (κ1) is 15.4. The van der Waals surface area contributed by atoms with Gasteiger partial charge in [-0.05, 0) is 47.9 Å². The van der Waals surface area contributed by atoms with Gasteiger partial charge in [-0.15, -0.1) is 0 Å². The monoisotopic (exact) mass is 349 g/mol. The summed E-state index contributed by atoms with van der Waals surface area (Å²) in [4.78, 5) is 11.1. The van der Waals surface area contributed by atoms with Gasteiger partial charge in [0.1, 0.15) is 11.5 Å². The largest absolute Gasteiger partial charge is 0.478 e. The molecule has 2 aromatic rings. The van der Waals surface area contributed by atoms with E-state index in [9.17, 15) is 4.79 Å². The molecule has 0 heterocycles. The molecule has 0 aliphatic carbocycles. The highest BCUT2D eigenvalue weighted by atomic mass is 79.9. The Morgan fingerprint density at radius 3 is 2.57 bits per heavy atom. The Bertz CT molecular complexity index is 683. The van der Waals surface area contributed by atoms with Crippen molar-refractivity contribution >= 4 is 27.6 Å². The minimum Gasteiger partial charge on any atom is -0.478 e. The number of halogens is 1. The van der Waals surface area contributed by atoms with Gasteiger partial charge in [0.15, 0.2) is 0 Å². The Kier molecular flexibility index (Phi) is 4.53. The normalized spacial score (nSPS) is 10.7. The van der Waals surface area contributed by atoms with Crippen molar-refractivity contribution in [3.05, 3.63) is 52.0 Å². The number of rotatable bonds is 4. The first-order chi connectivity index (χ1) is 9.88. The number of hydrogen-bond donors (Lipinski definition) is 2. The van der Waals surface area contributed by atoms with Crippen LogP contribution < -0.4 is 10.5 Å². The fraction of sp³-hybridized carbons (Fsp3) is 0.188. The van der Waals surface area contributed by atoms with Crippen molar-refractivity contribution in [3.63, 3.8) is 0 Å². The molecule has 0 atom stereocenters. The Morgan fingerprint density at radius 2 is 1.95 bits per heavy atom. The minimum atomic E-state index is -1.07. The van der Waals surface area contributed by atoms with E-state index in [4.69, 9.17) is 15.6 Å². The SMILES string of the molecule is CC(C)c1cc(Br)ccc1Oc1ccc(N)c(C(=O)O)c1. The quantitative estimate of drug-likeness (QED) is 0.788. The summed E-state index contributed by atoms with van der Waals surface area (Å²) in [5, 5.41) is 9.09. The average Bonchev–Trinajstić information content (AvgIpc) is 2.42. The standard InChI is InChI=1S/C16H16BrNO3/c1-9(2)12-7-10(17)3-6-15(12)21-11-4-5-14(18)13(8-11)16(19)20/h3-9H,18H2,1-2H3,(H,19,20). The highest BCUT2D eigenvalue weighted by Gasteiger charge is 2.13. The van der Waals surface area contributed by atoms with Gasteiger partial charge in [0.05, 0.1) is 5.56 Å². The van der Waals surface area contributed by atoms with Gasteiger partial charge in [0, 0.05) is 10.2 Å². The molecule has 2 rings (SSSR count). The summed E-state index contributed by atoms with van der Waals surface area (Å²) in [6.45, 7) is 4.14. The summed E-state index contributed by atoms with van der Waals surface area (Å²) in [5.74, 6) is 0.364. The van der Waals surface area contributed by atoms with E-state index >= 15 is 0 Å². The average molecular weight is 350 g/mol. The van der Waals surface area contributed by atoms with Gasteiger partial charge in [0.25, 0.3) is 0 Å². The highest BCUT2D eigenvalue weighted by Crippen LogP contribution is 2.33. The summed E-state index contributed by atoms with van der Waals surface area (Å²) < 4.78 is 6.81. The number of ether oxygens (including phenoxy) is 1. The van der Waals surface area contributed by atoms with Crippen LogP contribution in [0.3, 0.4) is 0 Å². The predicted octanol–water partition coefficient (Wildman–Crippen LogP) is 4.65. The summed E-state index contributed by atoms with van der Waals surface area (Å²) in [6.07, 6.45) is 0. The lowest BCUT2D eigenvalue weighted by Crippen LogP contribution is -2.02. The number of hydrogen-bond acceptors (Lipinski definition) is 3. The number of nitrogens with two attached hydrogens (primary N) is 1. The molecule has 0 saturated carbocycles. The topological polar surface area (TPSA) is 72.5 Å². The first-order valence-corrected chi connectivity index (χ1v) is 7.28. The highest BCUT2D eigenvalue weighted by molar-refractivity contribution is 9.10. The molecular formula is C16H16BrNO3. The number of carboxylic acids is 1. The van der Waals surface area contributed by atoms with Gasteiger partial charge in [-0.2, -0.15) is 0 Å².